The van der Waals surface area contributed by atoms with Crippen molar-refractivity contribution in [1.29, 1.82) is 0 Å². The zero-order valence-corrected chi connectivity index (χ0v) is 13.6. The van der Waals surface area contributed by atoms with Crippen LogP contribution in [-0.4, -0.2) is 66.7 Å². The lowest BCUT2D eigenvalue weighted by Gasteiger charge is -2.45. The standard InChI is InChI=1S/C18H24NO4/c1-19(2)14-8-12(9-15(19)17-16(14)23-17)22-18(21)13(10-20)11-6-4-3-5-7-11/h3-7,12-17,20H,8-10H2,1-2H3/q+1/t12?,13-,14-,15+,16-,17+/m0/s1. The monoisotopic (exact) mass is 318 g/mol. The lowest BCUT2D eigenvalue weighted by molar-refractivity contribution is -0.938. The summed E-state index contributed by atoms with van der Waals surface area (Å²) >= 11 is 0. The van der Waals surface area contributed by atoms with Gasteiger partial charge in [-0.25, -0.2) is 0 Å². The summed E-state index contributed by atoms with van der Waals surface area (Å²) in [6.07, 6.45) is 2.34. The van der Waals surface area contributed by atoms with Gasteiger partial charge in [0.25, 0.3) is 0 Å². The van der Waals surface area contributed by atoms with E-state index >= 15 is 0 Å². The van der Waals surface area contributed by atoms with E-state index in [-0.39, 0.29) is 18.7 Å². The number of nitrogens with zero attached hydrogens (tertiary/aromatic N) is 1. The molecule has 23 heavy (non-hydrogen) atoms. The highest BCUT2D eigenvalue weighted by Crippen LogP contribution is 2.51. The van der Waals surface area contributed by atoms with Crippen molar-refractivity contribution in [3.63, 3.8) is 0 Å². The number of hydrogen-bond donors (Lipinski definition) is 1. The molecule has 3 heterocycles. The number of aliphatic hydroxyl groups excluding tert-OH is 1. The Morgan fingerprint density at radius 2 is 1.87 bits per heavy atom. The molecule has 0 amide bonds. The molecule has 0 radical (unpaired) electrons. The first kappa shape index (κ1) is 15.1. The molecule has 1 aromatic rings. The number of morpholine rings is 1. The van der Waals surface area contributed by atoms with E-state index in [0.717, 1.165) is 22.9 Å². The van der Waals surface area contributed by atoms with Gasteiger partial charge in [0.2, 0.25) is 0 Å². The van der Waals surface area contributed by atoms with E-state index in [0.29, 0.717) is 24.3 Å². The minimum atomic E-state index is -0.593. The third-order valence-electron chi connectivity index (χ3n) is 5.99. The van der Waals surface area contributed by atoms with E-state index in [1.54, 1.807) is 0 Å². The Bertz CT molecular complexity index is 582. The number of esters is 1. The first-order valence-electron chi connectivity index (χ1n) is 8.37. The Balaban J connectivity index is 1.44. The number of hydrogen-bond acceptors (Lipinski definition) is 4. The van der Waals surface area contributed by atoms with Gasteiger partial charge in [0, 0.05) is 12.8 Å². The lowest BCUT2D eigenvalue weighted by atomic mass is 9.95. The average molecular weight is 318 g/mol. The number of benzene rings is 1. The van der Waals surface area contributed by atoms with Crippen molar-refractivity contribution in [2.24, 2.45) is 0 Å². The van der Waals surface area contributed by atoms with Crippen molar-refractivity contribution in [2.45, 2.75) is 49.2 Å². The Morgan fingerprint density at radius 1 is 1.26 bits per heavy atom. The quantitative estimate of drug-likeness (QED) is 0.512. The molecule has 3 aliphatic heterocycles. The largest absolute Gasteiger partial charge is 0.461 e. The highest BCUT2D eigenvalue weighted by Gasteiger charge is 2.70. The van der Waals surface area contributed by atoms with Crippen LogP contribution >= 0.6 is 0 Å². The summed E-state index contributed by atoms with van der Waals surface area (Å²) in [6, 6.07) is 10.2. The zero-order chi connectivity index (χ0) is 16.2. The van der Waals surface area contributed by atoms with Crippen LogP contribution < -0.4 is 0 Å². The van der Waals surface area contributed by atoms with Gasteiger partial charge < -0.3 is 19.1 Å². The first-order valence-corrected chi connectivity index (χ1v) is 8.37. The highest BCUT2D eigenvalue weighted by molar-refractivity contribution is 5.78. The maximum Gasteiger partial charge on any atom is 0.316 e. The molecule has 0 aromatic heterocycles. The summed E-state index contributed by atoms with van der Waals surface area (Å²) in [7, 11) is 4.51. The van der Waals surface area contributed by atoms with Gasteiger partial charge in [-0.05, 0) is 5.56 Å². The number of piperidine rings is 1. The second kappa shape index (κ2) is 5.30. The van der Waals surface area contributed by atoms with Gasteiger partial charge in [-0.15, -0.1) is 0 Å². The van der Waals surface area contributed by atoms with Crippen LogP contribution in [0.1, 0.15) is 24.3 Å². The Labute approximate surface area is 136 Å². The Kier molecular flexibility index (Phi) is 3.48. The second-order valence-electron chi connectivity index (χ2n) is 7.51. The van der Waals surface area contributed by atoms with E-state index in [1.165, 1.54) is 0 Å². The third kappa shape index (κ3) is 2.38. The van der Waals surface area contributed by atoms with Crippen molar-refractivity contribution < 1.29 is 23.9 Å². The summed E-state index contributed by atoms with van der Waals surface area (Å²) < 4.78 is 12.5. The number of carbonyl (C=O) groups excluding carboxylic acids is 1. The number of quaternary nitrogens is 1. The minimum Gasteiger partial charge on any atom is -0.461 e. The van der Waals surface area contributed by atoms with E-state index in [1.807, 2.05) is 30.3 Å². The summed E-state index contributed by atoms with van der Waals surface area (Å²) in [6.45, 7) is -0.224. The summed E-state index contributed by atoms with van der Waals surface area (Å²) in [5, 5.41) is 9.60. The molecule has 0 spiro atoms. The van der Waals surface area contributed by atoms with Crippen LogP contribution in [-0.2, 0) is 14.3 Å². The van der Waals surface area contributed by atoms with Gasteiger partial charge in [0.1, 0.15) is 36.3 Å². The minimum absolute atomic E-state index is 0.0576. The normalized spacial score (nSPS) is 37.8. The second-order valence-corrected chi connectivity index (χ2v) is 7.51. The molecule has 4 rings (SSSR count). The molecule has 3 aliphatic rings. The maximum absolute atomic E-state index is 12.5. The van der Waals surface area contributed by atoms with Crippen molar-refractivity contribution >= 4 is 5.97 Å². The van der Waals surface area contributed by atoms with Gasteiger partial charge >= 0.3 is 5.97 Å². The van der Waals surface area contributed by atoms with Crippen molar-refractivity contribution in [2.75, 3.05) is 20.7 Å². The molecule has 0 aliphatic carbocycles. The van der Waals surface area contributed by atoms with Gasteiger partial charge in [-0.3, -0.25) is 4.79 Å². The molecular weight excluding hydrogens is 294 g/mol. The molecule has 1 N–H and O–H groups in total. The summed E-state index contributed by atoms with van der Waals surface area (Å²) in [4.78, 5) is 12.5. The van der Waals surface area contributed by atoms with Crippen molar-refractivity contribution in [3.05, 3.63) is 35.9 Å². The predicted molar refractivity (Wildman–Crippen MR) is 83.7 cm³/mol. The van der Waals surface area contributed by atoms with Crippen LogP contribution in [0.4, 0.5) is 0 Å². The van der Waals surface area contributed by atoms with Crippen LogP contribution in [0.2, 0.25) is 0 Å². The molecule has 0 saturated carbocycles. The number of ether oxygens (including phenoxy) is 2. The van der Waals surface area contributed by atoms with Crippen LogP contribution in [0, 0.1) is 0 Å². The molecule has 3 fully saturated rings. The van der Waals surface area contributed by atoms with E-state index in [2.05, 4.69) is 14.1 Å². The molecule has 5 nitrogen and oxygen atoms in total. The number of rotatable bonds is 4. The maximum atomic E-state index is 12.5. The first-order chi connectivity index (χ1) is 11.0. The van der Waals surface area contributed by atoms with Gasteiger partial charge in [0.05, 0.1) is 20.7 Å². The number of aliphatic hydroxyl groups is 1. The van der Waals surface area contributed by atoms with Crippen molar-refractivity contribution in [1.82, 2.24) is 0 Å². The van der Waals surface area contributed by atoms with Gasteiger partial charge in [-0.2, -0.15) is 0 Å². The summed E-state index contributed by atoms with van der Waals surface area (Å²) in [5.41, 5.74) is 0.807. The zero-order valence-electron chi connectivity index (χ0n) is 13.6. The average Bonchev–Trinajstić information content (AvgIpc) is 3.27. The van der Waals surface area contributed by atoms with Crippen LogP contribution in [0.3, 0.4) is 0 Å². The smallest absolute Gasteiger partial charge is 0.316 e. The van der Waals surface area contributed by atoms with Gasteiger partial charge in [0.15, 0.2) is 0 Å². The lowest BCUT2D eigenvalue weighted by Crippen LogP contribution is -2.60. The van der Waals surface area contributed by atoms with Crippen LogP contribution in [0.5, 0.6) is 0 Å². The van der Waals surface area contributed by atoms with Crippen LogP contribution in [0.25, 0.3) is 0 Å². The van der Waals surface area contributed by atoms with E-state index < -0.39 is 5.92 Å². The molecular formula is C18H24NO4+. The summed E-state index contributed by atoms with van der Waals surface area (Å²) in [5.74, 6) is -0.908. The molecule has 6 atom stereocenters. The topological polar surface area (TPSA) is 59.1 Å². The Morgan fingerprint density at radius 3 is 2.43 bits per heavy atom. The number of carbonyl (C=O) groups is 1. The number of epoxide rings is 1. The van der Waals surface area contributed by atoms with Crippen LogP contribution in [0.15, 0.2) is 30.3 Å². The predicted octanol–water partition coefficient (Wildman–Crippen LogP) is 1.06. The molecule has 1 aromatic carbocycles. The van der Waals surface area contributed by atoms with E-state index in [4.69, 9.17) is 9.47 Å². The molecule has 2 bridgehead atoms. The van der Waals surface area contributed by atoms with Crippen molar-refractivity contribution in [3.8, 4) is 0 Å². The fourth-order valence-electron chi connectivity index (χ4n) is 4.55. The Hall–Kier alpha value is -1.43. The molecule has 5 heteroatoms. The fraction of sp³-hybridized carbons (Fsp3) is 0.611. The fourth-order valence-corrected chi connectivity index (χ4v) is 4.55. The SMILES string of the molecule is C[N+]1(C)[C@@H]2CC(OC(=O)[C@@H](CO)c3ccccc3)C[C@H]1[C@@H]1O[C@@H]12. The third-order valence-corrected chi connectivity index (χ3v) is 5.99. The molecule has 1 unspecified atom stereocenters. The number of fused-ring (bicyclic) bond motifs is 5. The molecule has 124 valence electrons. The number of likely N-dealkylation sites (N-methyl/N-ethyl adjacent to an activating group) is 1. The van der Waals surface area contributed by atoms with E-state index in [9.17, 15) is 9.90 Å². The molecule has 3 saturated heterocycles. The highest BCUT2D eigenvalue weighted by atomic mass is 16.6. The van der Waals surface area contributed by atoms with Gasteiger partial charge in [-0.1, -0.05) is 30.3 Å².